The van der Waals surface area contributed by atoms with Crippen molar-refractivity contribution in [2.75, 3.05) is 13.1 Å². The fourth-order valence-corrected chi connectivity index (χ4v) is 0.879. The van der Waals surface area contributed by atoms with Crippen molar-refractivity contribution < 1.29 is 27.9 Å². The van der Waals surface area contributed by atoms with Crippen LogP contribution < -0.4 is 5.73 Å². The highest BCUT2D eigenvalue weighted by Crippen LogP contribution is 2.16. The van der Waals surface area contributed by atoms with Crippen LogP contribution in [0.15, 0.2) is 0 Å². The molecule has 1 amide bonds. The molecule has 0 bridgehead atoms. The molecule has 0 saturated carbocycles. The number of carbonyl (C=O) groups excluding carboxylic acids is 1. The fourth-order valence-electron chi connectivity index (χ4n) is 0.879. The van der Waals surface area contributed by atoms with Crippen LogP contribution in [0, 0.1) is 0 Å². The van der Waals surface area contributed by atoms with Crippen molar-refractivity contribution in [2.24, 2.45) is 5.73 Å². The van der Waals surface area contributed by atoms with Crippen molar-refractivity contribution >= 4 is 11.9 Å². The maximum atomic E-state index is 12.0. The van der Waals surface area contributed by atoms with E-state index in [1.807, 2.05) is 0 Å². The van der Waals surface area contributed by atoms with Gasteiger partial charge in [0.15, 0.2) is 0 Å². The maximum Gasteiger partial charge on any atom is 0.406 e. The zero-order valence-corrected chi connectivity index (χ0v) is 7.91. The summed E-state index contributed by atoms with van der Waals surface area (Å²) in [6, 6.07) is -1.16. The third kappa shape index (κ3) is 5.89. The normalized spacial score (nSPS) is 13.4. The Labute approximate surface area is 83.6 Å². The van der Waals surface area contributed by atoms with Crippen molar-refractivity contribution in [1.82, 2.24) is 4.90 Å². The second-order valence-corrected chi connectivity index (χ2v) is 2.99. The van der Waals surface area contributed by atoms with E-state index >= 15 is 0 Å². The Hall–Kier alpha value is -1.31. The molecule has 0 heterocycles. The second kappa shape index (κ2) is 4.96. The summed E-state index contributed by atoms with van der Waals surface area (Å²) in [7, 11) is 0. The van der Waals surface area contributed by atoms with E-state index in [9.17, 15) is 22.8 Å². The molecule has 0 aromatic carbocycles. The molecule has 1 atom stereocenters. The predicted molar refractivity (Wildman–Crippen MR) is 43.9 cm³/mol. The second-order valence-electron chi connectivity index (χ2n) is 2.99. The molecular weight excluding hydrogens is 217 g/mol. The Balaban J connectivity index is 4.59. The lowest BCUT2D eigenvalue weighted by Crippen LogP contribution is -2.48. The van der Waals surface area contributed by atoms with E-state index in [4.69, 9.17) is 10.8 Å². The van der Waals surface area contributed by atoms with Gasteiger partial charge in [-0.15, -0.1) is 0 Å². The Morgan fingerprint density at radius 1 is 1.47 bits per heavy atom. The van der Waals surface area contributed by atoms with Gasteiger partial charge in [0.1, 0.15) is 13.1 Å². The molecule has 88 valence electrons. The molecule has 0 fully saturated rings. The number of alkyl halides is 3. The summed E-state index contributed by atoms with van der Waals surface area (Å²) in [4.78, 5) is 21.5. The van der Waals surface area contributed by atoms with Crippen LogP contribution in [0.4, 0.5) is 13.2 Å². The van der Waals surface area contributed by atoms with E-state index in [1.54, 1.807) is 0 Å². The quantitative estimate of drug-likeness (QED) is 0.698. The lowest BCUT2D eigenvalue weighted by atomic mass is 10.3. The minimum atomic E-state index is -4.64. The number of nitrogens with zero attached hydrogens (tertiary/aromatic N) is 1. The highest BCUT2D eigenvalue weighted by molar-refractivity contribution is 5.84. The number of nitrogens with two attached hydrogens (primary N) is 1. The Morgan fingerprint density at radius 2 is 1.93 bits per heavy atom. The summed E-state index contributed by atoms with van der Waals surface area (Å²) in [5, 5.41) is 8.31. The van der Waals surface area contributed by atoms with Gasteiger partial charge in [-0.25, -0.2) is 0 Å². The number of halogens is 3. The largest absolute Gasteiger partial charge is 0.480 e. The number of carboxylic acid groups (broad SMARTS) is 1. The van der Waals surface area contributed by atoms with Crippen molar-refractivity contribution in [3.63, 3.8) is 0 Å². The zero-order chi connectivity index (χ0) is 12.2. The topological polar surface area (TPSA) is 83.6 Å². The average Bonchev–Trinajstić information content (AvgIpc) is 1.97. The first-order valence-electron chi connectivity index (χ1n) is 3.96. The summed E-state index contributed by atoms with van der Waals surface area (Å²) >= 11 is 0. The number of hydrogen-bond donors (Lipinski definition) is 2. The monoisotopic (exact) mass is 228 g/mol. The van der Waals surface area contributed by atoms with Gasteiger partial charge in [-0.05, 0) is 6.92 Å². The Bertz CT molecular complexity index is 252. The van der Waals surface area contributed by atoms with Gasteiger partial charge in [-0.1, -0.05) is 0 Å². The minimum absolute atomic E-state index is 0.160. The summed E-state index contributed by atoms with van der Waals surface area (Å²) < 4.78 is 35.9. The number of aliphatic carboxylic acids is 1. The SMILES string of the molecule is C[C@@H](N)C(=O)N(CC(=O)O)CC(F)(F)F. The standard InChI is InChI=1S/C7H11F3N2O3/c1-4(11)6(15)12(2-5(13)14)3-7(8,9)10/h4H,2-3,11H2,1H3,(H,13,14)/t4-/m1/s1. The first kappa shape index (κ1) is 13.7. The van der Waals surface area contributed by atoms with E-state index < -0.39 is 37.2 Å². The summed E-state index contributed by atoms with van der Waals surface area (Å²) in [5.41, 5.74) is 5.08. The predicted octanol–water partition coefficient (Wildman–Crippen LogP) is -0.191. The molecule has 0 aromatic rings. The van der Waals surface area contributed by atoms with Crippen LogP contribution in [0.2, 0.25) is 0 Å². The number of rotatable bonds is 4. The number of amides is 1. The van der Waals surface area contributed by atoms with E-state index in [2.05, 4.69) is 0 Å². The van der Waals surface area contributed by atoms with Crippen molar-refractivity contribution in [1.29, 1.82) is 0 Å². The molecular formula is C7H11F3N2O3. The third-order valence-electron chi connectivity index (χ3n) is 1.40. The Kier molecular flexibility index (Phi) is 4.53. The van der Waals surface area contributed by atoms with E-state index in [1.165, 1.54) is 6.92 Å². The summed E-state index contributed by atoms with van der Waals surface area (Å²) in [6.07, 6.45) is -4.64. The van der Waals surface area contributed by atoms with E-state index in [0.717, 1.165) is 0 Å². The molecule has 8 heteroatoms. The van der Waals surface area contributed by atoms with Gasteiger partial charge in [0.05, 0.1) is 6.04 Å². The van der Waals surface area contributed by atoms with Crippen molar-refractivity contribution in [3.8, 4) is 0 Å². The zero-order valence-electron chi connectivity index (χ0n) is 7.91. The third-order valence-corrected chi connectivity index (χ3v) is 1.40. The van der Waals surface area contributed by atoms with Crippen LogP contribution in [0.3, 0.4) is 0 Å². The number of carboxylic acids is 1. The lowest BCUT2D eigenvalue weighted by molar-refractivity contribution is -0.166. The van der Waals surface area contributed by atoms with Crippen molar-refractivity contribution in [2.45, 2.75) is 19.1 Å². The highest BCUT2D eigenvalue weighted by atomic mass is 19.4. The molecule has 0 radical (unpaired) electrons. The minimum Gasteiger partial charge on any atom is -0.480 e. The molecule has 0 aromatic heterocycles. The van der Waals surface area contributed by atoms with Crippen LogP contribution in [0.25, 0.3) is 0 Å². The van der Waals surface area contributed by atoms with Crippen molar-refractivity contribution in [3.05, 3.63) is 0 Å². The van der Waals surface area contributed by atoms with Crippen LogP contribution in [0.5, 0.6) is 0 Å². The fraction of sp³-hybridized carbons (Fsp3) is 0.714. The van der Waals surface area contributed by atoms with Gasteiger partial charge in [0.25, 0.3) is 0 Å². The van der Waals surface area contributed by atoms with Gasteiger partial charge in [0.2, 0.25) is 5.91 Å². The van der Waals surface area contributed by atoms with E-state index in [-0.39, 0.29) is 4.90 Å². The molecule has 0 aliphatic heterocycles. The molecule has 0 rings (SSSR count). The first-order valence-corrected chi connectivity index (χ1v) is 3.96. The van der Waals surface area contributed by atoms with Gasteiger partial charge in [-0.3, -0.25) is 9.59 Å². The number of carbonyl (C=O) groups is 2. The van der Waals surface area contributed by atoms with Gasteiger partial charge >= 0.3 is 12.1 Å². The Morgan fingerprint density at radius 3 is 2.20 bits per heavy atom. The lowest BCUT2D eigenvalue weighted by Gasteiger charge is -2.23. The smallest absolute Gasteiger partial charge is 0.406 e. The molecule has 0 unspecified atom stereocenters. The van der Waals surface area contributed by atoms with Crippen LogP contribution >= 0.6 is 0 Å². The summed E-state index contributed by atoms with van der Waals surface area (Å²) in [6.45, 7) is -1.44. The molecule has 3 N–H and O–H groups in total. The molecule has 15 heavy (non-hydrogen) atoms. The van der Waals surface area contributed by atoms with Crippen LogP contribution in [-0.4, -0.2) is 47.2 Å². The average molecular weight is 228 g/mol. The molecule has 0 aliphatic rings. The van der Waals surface area contributed by atoms with E-state index in [0.29, 0.717) is 0 Å². The van der Waals surface area contributed by atoms with Crippen LogP contribution in [-0.2, 0) is 9.59 Å². The molecule has 0 aliphatic carbocycles. The summed E-state index contributed by atoms with van der Waals surface area (Å²) in [5.74, 6) is -2.57. The van der Waals surface area contributed by atoms with Gasteiger partial charge in [0, 0.05) is 0 Å². The van der Waals surface area contributed by atoms with Gasteiger partial charge in [-0.2, -0.15) is 13.2 Å². The van der Waals surface area contributed by atoms with Gasteiger partial charge < -0.3 is 15.7 Å². The molecule has 5 nitrogen and oxygen atoms in total. The first-order chi connectivity index (χ1) is 6.63. The molecule has 0 spiro atoms. The number of hydrogen-bond acceptors (Lipinski definition) is 3. The highest BCUT2D eigenvalue weighted by Gasteiger charge is 2.34. The van der Waals surface area contributed by atoms with Crippen LogP contribution in [0.1, 0.15) is 6.92 Å². The maximum absolute atomic E-state index is 12.0. The molecule has 0 saturated heterocycles.